The zero-order valence-electron chi connectivity index (χ0n) is 12.8. The molecule has 2 aromatic carbocycles. The summed E-state index contributed by atoms with van der Waals surface area (Å²) in [6.45, 7) is 1.73. The van der Waals surface area contributed by atoms with Crippen LogP contribution in [0.5, 0.6) is 0 Å². The Morgan fingerprint density at radius 1 is 1.08 bits per heavy atom. The van der Waals surface area contributed by atoms with E-state index in [2.05, 4.69) is 15.8 Å². The third-order valence-corrected chi connectivity index (χ3v) is 3.77. The molecular weight excluding hydrogens is 349 g/mol. The number of aryl methyl sites for hydroxylation is 1. The van der Waals surface area contributed by atoms with Gasteiger partial charge in [0.05, 0.1) is 22.8 Å². The minimum atomic E-state index is -0.463. The van der Waals surface area contributed by atoms with Crippen LogP contribution in [0.1, 0.15) is 21.5 Å². The van der Waals surface area contributed by atoms with Crippen molar-refractivity contribution in [2.75, 3.05) is 6.54 Å². The Bertz CT molecular complexity index is 754. The van der Waals surface area contributed by atoms with E-state index >= 15 is 0 Å². The average Bonchev–Trinajstić information content (AvgIpc) is 2.56. The molecule has 0 aliphatic rings. The van der Waals surface area contributed by atoms with Gasteiger partial charge < -0.3 is 5.32 Å². The number of nitrogens with zero attached hydrogens (tertiary/aromatic N) is 1. The summed E-state index contributed by atoms with van der Waals surface area (Å²) in [5.41, 5.74) is 4.34. The first kappa shape index (κ1) is 18.0. The van der Waals surface area contributed by atoms with Gasteiger partial charge in [0, 0.05) is 11.1 Å². The predicted molar refractivity (Wildman–Crippen MR) is 95.7 cm³/mol. The SMILES string of the molecule is Cc1ccc(C(=O)NCC(=O)NN=Cc2c(Cl)cccc2Cl)cc1. The summed E-state index contributed by atoms with van der Waals surface area (Å²) in [5.74, 6) is -0.793. The summed E-state index contributed by atoms with van der Waals surface area (Å²) >= 11 is 12.0. The Kier molecular flexibility index (Phi) is 6.35. The Labute approximate surface area is 149 Å². The quantitative estimate of drug-likeness (QED) is 0.632. The van der Waals surface area contributed by atoms with Gasteiger partial charge in [-0.3, -0.25) is 9.59 Å². The van der Waals surface area contributed by atoms with Crippen LogP contribution in [0.3, 0.4) is 0 Å². The molecule has 0 aliphatic heterocycles. The lowest BCUT2D eigenvalue weighted by atomic mass is 10.1. The number of hydrogen-bond donors (Lipinski definition) is 2. The van der Waals surface area contributed by atoms with Gasteiger partial charge in [0.25, 0.3) is 11.8 Å². The molecule has 0 unspecified atom stereocenters. The number of carbonyl (C=O) groups is 2. The smallest absolute Gasteiger partial charge is 0.259 e. The van der Waals surface area contributed by atoms with Crippen molar-refractivity contribution in [2.45, 2.75) is 6.92 Å². The maximum Gasteiger partial charge on any atom is 0.259 e. The van der Waals surface area contributed by atoms with Crippen molar-refractivity contribution in [2.24, 2.45) is 5.10 Å². The van der Waals surface area contributed by atoms with E-state index in [9.17, 15) is 9.59 Å². The van der Waals surface area contributed by atoms with Crippen molar-refractivity contribution >= 4 is 41.2 Å². The van der Waals surface area contributed by atoms with Crippen molar-refractivity contribution in [3.63, 3.8) is 0 Å². The molecule has 0 atom stereocenters. The van der Waals surface area contributed by atoms with Gasteiger partial charge in [0.2, 0.25) is 0 Å². The molecule has 2 aromatic rings. The number of amides is 2. The van der Waals surface area contributed by atoms with Crippen LogP contribution in [0.4, 0.5) is 0 Å². The van der Waals surface area contributed by atoms with Gasteiger partial charge in [0.1, 0.15) is 0 Å². The number of carbonyl (C=O) groups excluding carboxylic acids is 2. The minimum Gasteiger partial charge on any atom is -0.343 e. The van der Waals surface area contributed by atoms with Gasteiger partial charge in [-0.05, 0) is 31.2 Å². The Morgan fingerprint density at radius 2 is 1.71 bits per heavy atom. The fourth-order valence-electron chi connectivity index (χ4n) is 1.81. The van der Waals surface area contributed by atoms with Gasteiger partial charge in [-0.1, -0.05) is 47.0 Å². The largest absolute Gasteiger partial charge is 0.343 e. The van der Waals surface area contributed by atoms with Crippen molar-refractivity contribution in [1.82, 2.24) is 10.7 Å². The van der Waals surface area contributed by atoms with Gasteiger partial charge in [-0.2, -0.15) is 5.10 Å². The molecule has 2 rings (SSSR count). The molecule has 0 saturated heterocycles. The maximum absolute atomic E-state index is 11.9. The highest BCUT2D eigenvalue weighted by Crippen LogP contribution is 2.21. The summed E-state index contributed by atoms with van der Waals surface area (Å²) in [6, 6.07) is 12.1. The Hall–Kier alpha value is -2.37. The van der Waals surface area contributed by atoms with Crippen LogP contribution in [-0.2, 0) is 4.79 Å². The van der Waals surface area contributed by atoms with Gasteiger partial charge in [-0.25, -0.2) is 5.43 Å². The average molecular weight is 364 g/mol. The molecule has 124 valence electrons. The molecule has 0 spiro atoms. The highest BCUT2D eigenvalue weighted by molar-refractivity contribution is 6.38. The van der Waals surface area contributed by atoms with E-state index in [-0.39, 0.29) is 12.5 Å². The molecule has 0 saturated carbocycles. The molecule has 2 amide bonds. The first-order valence-electron chi connectivity index (χ1n) is 7.08. The van der Waals surface area contributed by atoms with E-state index in [1.807, 2.05) is 19.1 Å². The van der Waals surface area contributed by atoms with Gasteiger partial charge in [0.15, 0.2) is 0 Å². The second-order valence-electron chi connectivity index (χ2n) is 4.98. The molecule has 7 heteroatoms. The highest BCUT2D eigenvalue weighted by atomic mass is 35.5. The van der Waals surface area contributed by atoms with Crippen molar-refractivity contribution in [3.05, 3.63) is 69.2 Å². The van der Waals surface area contributed by atoms with Crippen LogP contribution < -0.4 is 10.7 Å². The van der Waals surface area contributed by atoms with Crippen molar-refractivity contribution < 1.29 is 9.59 Å². The molecule has 2 N–H and O–H groups in total. The van der Waals surface area contributed by atoms with Gasteiger partial charge >= 0.3 is 0 Å². The number of hydrazone groups is 1. The first-order valence-corrected chi connectivity index (χ1v) is 7.84. The number of hydrogen-bond acceptors (Lipinski definition) is 3. The third kappa shape index (κ3) is 5.08. The summed E-state index contributed by atoms with van der Waals surface area (Å²) in [6.07, 6.45) is 1.35. The monoisotopic (exact) mass is 363 g/mol. The van der Waals surface area contributed by atoms with Gasteiger partial charge in [-0.15, -0.1) is 0 Å². The molecule has 0 aliphatic carbocycles. The fraction of sp³-hybridized carbons (Fsp3) is 0.118. The normalized spacial score (nSPS) is 10.6. The van der Waals surface area contributed by atoms with E-state index in [4.69, 9.17) is 23.2 Å². The number of benzene rings is 2. The molecular formula is C17H15Cl2N3O2. The van der Waals surface area contributed by atoms with Crippen LogP contribution in [0.15, 0.2) is 47.6 Å². The van der Waals surface area contributed by atoms with Crippen LogP contribution >= 0.6 is 23.2 Å². The molecule has 24 heavy (non-hydrogen) atoms. The fourth-order valence-corrected chi connectivity index (χ4v) is 2.30. The molecule has 0 bridgehead atoms. The van der Waals surface area contributed by atoms with Crippen LogP contribution in [-0.4, -0.2) is 24.6 Å². The maximum atomic E-state index is 11.9. The molecule has 5 nitrogen and oxygen atoms in total. The third-order valence-electron chi connectivity index (χ3n) is 3.11. The Morgan fingerprint density at radius 3 is 2.33 bits per heavy atom. The second kappa shape index (κ2) is 8.47. The number of rotatable bonds is 5. The Balaban J connectivity index is 1.84. The van der Waals surface area contributed by atoms with Crippen molar-refractivity contribution in [1.29, 1.82) is 0 Å². The van der Waals surface area contributed by atoms with E-state index in [0.29, 0.717) is 21.2 Å². The number of nitrogens with one attached hydrogen (secondary N) is 2. The zero-order chi connectivity index (χ0) is 17.5. The van der Waals surface area contributed by atoms with Crippen LogP contribution in [0.2, 0.25) is 10.0 Å². The second-order valence-corrected chi connectivity index (χ2v) is 5.79. The van der Waals surface area contributed by atoms with Crippen LogP contribution in [0, 0.1) is 6.92 Å². The summed E-state index contributed by atoms with van der Waals surface area (Å²) in [5, 5.41) is 7.14. The zero-order valence-corrected chi connectivity index (χ0v) is 14.4. The van der Waals surface area contributed by atoms with E-state index in [1.54, 1.807) is 30.3 Å². The summed E-state index contributed by atoms with van der Waals surface area (Å²) in [4.78, 5) is 23.6. The van der Waals surface area contributed by atoms with Crippen molar-refractivity contribution in [3.8, 4) is 0 Å². The summed E-state index contributed by atoms with van der Waals surface area (Å²) in [7, 11) is 0. The number of halogens is 2. The van der Waals surface area contributed by atoms with Crippen LogP contribution in [0.25, 0.3) is 0 Å². The molecule has 0 aromatic heterocycles. The van der Waals surface area contributed by atoms with E-state index < -0.39 is 5.91 Å². The summed E-state index contributed by atoms with van der Waals surface area (Å²) < 4.78 is 0. The minimum absolute atomic E-state index is 0.194. The first-order chi connectivity index (χ1) is 11.5. The predicted octanol–water partition coefficient (Wildman–Crippen LogP) is 3.18. The lowest BCUT2D eigenvalue weighted by Gasteiger charge is -2.05. The molecule has 0 heterocycles. The highest BCUT2D eigenvalue weighted by Gasteiger charge is 2.07. The lowest BCUT2D eigenvalue weighted by Crippen LogP contribution is -2.34. The molecule has 0 radical (unpaired) electrons. The lowest BCUT2D eigenvalue weighted by molar-refractivity contribution is -0.120. The topological polar surface area (TPSA) is 70.6 Å². The standard InChI is InChI=1S/C17H15Cl2N3O2/c1-11-5-7-12(8-6-11)17(24)20-10-16(23)22-21-9-13-14(18)3-2-4-15(13)19/h2-9H,10H2,1H3,(H,20,24)(H,22,23). The van der Waals surface area contributed by atoms with E-state index in [0.717, 1.165) is 5.56 Å². The molecule has 0 fully saturated rings. The van der Waals surface area contributed by atoms with E-state index in [1.165, 1.54) is 6.21 Å².